The number of methoxy groups -OCH3 is 1. The highest BCUT2D eigenvalue weighted by molar-refractivity contribution is 5.86. The summed E-state index contributed by atoms with van der Waals surface area (Å²) in [7, 11) is 1.14. The Morgan fingerprint density at radius 3 is 2.68 bits per heavy atom. The van der Waals surface area contributed by atoms with Crippen molar-refractivity contribution in [2.45, 2.75) is 31.3 Å². The number of carboxylic acids is 1. The molecule has 1 aliphatic heterocycles. The third-order valence-corrected chi connectivity index (χ3v) is 3.04. The zero-order valence-electron chi connectivity index (χ0n) is 10.7. The second-order valence-corrected chi connectivity index (χ2v) is 4.29. The second kappa shape index (κ2) is 6.93. The molecule has 2 amide bonds. The highest BCUT2D eigenvalue weighted by atomic mass is 16.5. The van der Waals surface area contributed by atoms with Crippen molar-refractivity contribution in [2.75, 3.05) is 20.3 Å². The molecule has 1 rings (SSSR count). The number of carbonyl (C=O) groups is 3. The Hall–Kier alpha value is -1.83. The molecule has 19 heavy (non-hydrogen) atoms. The van der Waals surface area contributed by atoms with Gasteiger partial charge in [0.1, 0.15) is 6.04 Å². The molecule has 0 radical (unpaired) electrons. The molecule has 0 aromatic rings. The number of nitrogens with zero attached hydrogens (tertiary/aromatic N) is 1. The van der Waals surface area contributed by atoms with Gasteiger partial charge in [-0.05, 0) is 12.8 Å². The molecule has 1 heterocycles. The van der Waals surface area contributed by atoms with Crippen LogP contribution in [0.5, 0.6) is 0 Å². The van der Waals surface area contributed by atoms with E-state index in [1.165, 1.54) is 4.90 Å². The van der Waals surface area contributed by atoms with Gasteiger partial charge in [0.05, 0.1) is 26.2 Å². The summed E-state index contributed by atoms with van der Waals surface area (Å²) in [5.41, 5.74) is 0. The van der Waals surface area contributed by atoms with Crippen LogP contribution in [0.25, 0.3) is 0 Å². The highest BCUT2D eigenvalue weighted by Crippen LogP contribution is 2.16. The van der Waals surface area contributed by atoms with Gasteiger partial charge in [0.25, 0.3) is 0 Å². The van der Waals surface area contributed by atoms with E-state index in [1.54, 1.807) is 0 Å². The van der Waals surface area contributed by atoms with Gasteiger partial charge in [0, 0.05) is 6.54 Å². The second-order valence-electron chi connectivity index (χ2n) is 4.29. The predicted octanol–water partition coefficient (Wildman–Crippen LogP) is -0.831. The number of aliphatic hydroxyl groups excluding tert-OH is 1. The third kappa shape index (κ3) is 4.09. The first kappa shape index (κ1) is 15.2. The Balaban J connectivity index is 2.60. The van der Waals surface area contributed by atoms with E-state index in [0.29, 0.717) is 13.0 Å². The van der Waals surface area contributed by atoms with Gasteiger partial charge in [-0.25, -0.2) is 9.59 Å². The number of carboxylic acid groups (broad SMARTS) is 1. The number of aliphatic hydroxyl groups is 1. The van der Waals surface area contributed by atoms with Gasteiger partial charge in [0.15, 0.2) is 0 Å². The average Bonchev–Trinajstić information content (AvgIpc) is 2.85. The Bertz CT molecular complexity index is 359. The van der Waals surface area contributed by atoms with E-state index in [0.717, 1.165) is 13.5 Å². The Kier molecular flexibility index (Phi) is 5.56. The fourth-order valence-corrected chi connectivity index (χ4v) is 1.97. The van der Waals surface area contributed by atoms with Crippen LogP contribution in [0.15, 0.2) is 0 Å². The Morgan fingerprint density at radius 1 is 1.47 bits per heavy atom. The van der Waals surface area contributed by atoms with Gasteiger partial charge in [-0.2, -0.15) is 0 Å². The number of hydrogen-bond donors (Lipinski definition) is 3. The Labute approximate surface area is 110 Å². The molecule has 1 saturated heterocycles. The molecule has 0 spiro atoms. The highest BCUT2D eigenvalue weighted by Gasteiger charge is 2.31. The summed E-state index contributed by atoms with van der Waals surface area (Å²) in [5, 5.41) is 20.3. The molecule has 8 nitrogen and oxygen atoms in total. The van der Waals surface area contributed by atoms with Crippen molar-refractivity contribution in [1.82, 2.24) is 10.2 Å². The SMILES string of the molecule is COC(=O)C[C@H](NC(=O)N1CCCC1CO)C(=O)O. The first-order chi connectivity index (χ1) is 8.99. The largest absolute Gasteiger partial charge is 0.480 e. The van der Waals surface area contributed by atoms with Crippen LogP contribution in [0.1, 0.15) is 19.3 Å². The number of carbonyl (C=O) groups excluding carboxylic acids is 2. The molecule has 0 aliphatic carbocycles. The van der Waals surface area contributed by atoms with Crippen molar-refractivity contribution in [2.24, 2.45) is 0 Å². The van der Waals surface area contributed by atoms with Crippen LogP contribution in [-0.2, 0) is 14.3 Å². The summed E-state index contributed by atoms with van der Waals surface area (Å²) in [6.45, 7) is 0.295. The minimum Gasteiger partial charge on any atom is -0.480 e. The van der Waals surface area contributed by atoms with E-state index in [1.807, 2.05) is 0 Å². The predicted molar refractivity (Wildman–Crippen MR) is 63.4 cm³/mol. The summed E-state index contributed by atoms with van der Waals surface area (Å²) in [4.78, 5) is 35.3. The van der Waals surface area contributed by atoms with E-state index >= 15 is 0 Å². The quantitative estimate of drug-likeness (QED) is 0.563. The number of urea groups is 1. The molecule has 0 saturated carbocycles. The lowest BCUT2D eigenvalue weighted by atomic mass is 10.2. The number of hydrogen-bond acceptors (Lipinski definition) is 5. The lowest BCUT2D eigenvalue weighted by Gasteiger charge is -2.25. The van der Waals surface area contributed by atoms with Gasteiger partial charge >= 0.3 is 18.0 Å². The Morgan fingerprint density at radius 2 is 2.16 bits per heavy atom. The van der Waals surface area contributed by atoms with Gasteiger partial charge in [-0.3, -0.25) is 4.79 Å². The summed E-state index contributed by atoms with van der Waals surface area (Å²) in [6.07, 6.45) is 1.00. The zero-order valence-corrected chi connectivity index (χ0v) is 10.7. The monoisotopic (exact) mass is 274 g/mol. The smallest absolute Gasteiger partial charge is 0.326 e. The van der Waals surface area contributed by atoms with Crippen LogP contribution in [0.2, 0.25) is 0 Å². The van der Waals surface area contributed by atoms with E-state index in [4.69, 9.17) is 10.2 Å². The molecule has 3 N–H and O–H groups in total. The minimum atomic E-state index is -1.33. The molecule has 2 atom stereocenters. The normalized spacial score (nSPS) is 19.9. The number of amides is 2. The number of aliphatic carboxylic acids is 1. The maximum absolute atomic E-state index is 11.9. The van der Waals surface area contributed by atoms with Crippen LogP contribution >= 0.6 is 0 Å². The maximum Gasteiger partial charge on any atom is 0.326 e. The van der Waals surface area contributed by atoms with Crippen LogP contribution in [-0.4, -0.2) is 65.4 Å². The van der Waals surface area contributed by atoms with Crippen molar-refractivity contribution < 1.29 is 29.3 Å². The van der Waals surface area contributed by atoms with Gasteiger partial charge in [-0.15, -0.1) is 0 Å². The van der Waals surface area contributed by atoms with Crippen LogP contribution in [0.3, 0.4) is 0 Å². The van der Waals surface area contributed by atoms with Gasteiger partial charge in [-0.1, -0.05) is 0 Å². The topological polar surface area (TPSA) is 116 Å². The number of nitrogens with one attached hydrogen (secondary N) is 1. The molecule has 1 fully saturated rings. The number of esters is 1. The van der Waals surface area contributed by atoms with Gasteiger partial charge in [0.2, 0.25) is 0 Å². The van der Waals surface area contributed by atoms with Crippen molar-refractivity contribution in [3.05, 3.63) is 0 Å². The van der Waals surface area contributed by atoms with Crippen molar-refractivity contribution >= 4 is 18.0 Å². The van der Waals surface area contributed by atoms with Gasteiger partial charge < -0.3 is 25.2 Å². The fraction of sp³-hybridized carbons (Fsp3) is 0.727. The zero-order chi connectivity index (χ0) is 14.4. The fourth-order valence-electron chi connectivity index (χ4n) is 1.97. The standard InChI is InChI=1S/C11H18N2O6/c1-19-9(15)5-8(10(16)17)12-11(18)13-4-2-3-7(13)6-14/h7-8,14H,2-6H2,1H3,(H,12,18)(H,16,17)/t7?,8-/m0/s1. The van der Waals surface area contributed by atoms with Crippen LogP contribution < -0.4 is 5.32 Å². The summed E-state index contributed by atoms with van der Waals surface area (Å²) >= 11 is 0. The number of ether oxygens (including phenoxy) is 1. The number of likely N-dealkylation sites (tertiary alicyclic amines) is 1. The summed E-state index contributed by atoms with van der Waals surface area (Å²) < 4.78 is 4.37. The molecule has 0 aromatic carbocycles. The lowest BCUT2D eigenvalue weighted by molar-refractivity contribution is -0.147. The van der Waals surface area contributed by atoms with Crippen molar-refractivity contribution in [1.29, 1.82) is 0 Å². The molecule has 0 aromatic heterocycles. The molecule has 1 aliphatic rings. The average molecular weight is 274 g/mol. The molecule has 8 heteroatoms. The molecule has 0 bridgehead atoms. The minimum absolute atomic E-state index is 0.165. The first-order valence-electron chi connectivity index (χ1n) is 5.97. The van der Waals surface area contributed by atoms with E-state index in [2.05, 4.69) is 10.1 Å². The van der Waals surface area contributed by atoms with Crippen molar-refractivity contribution in [3.63, 3.8) is 0 Å². The molecule has 1 unspecified atom stereocenters. The molecular formula is C11H18N2O6. The van der Waals surface area contributed by atoms with Crippen LogP contribution in [0, 0.1) is 0 Å². The third-order valence-electron chi connectivity index (χ3n) is 3.04. The van der Waals surface area contributed by atoms with Crippen LogP contribution in [0.4, 0.5) is 4.79 Å². The van der Waals surface area contributed by atoms with Crippen molar-refractivity contribution in [3.8, 4) is 0 Å². The van der Waals surface area contributed by atoms with E-state index < -0.39 is 30.4 Å². The number of rotatable bonds is 5. The summed E-state index contributed by atoms with van der Waals surface area (Å²) in [6, 6.07) is -2.22. The molecular weight excluding hydrogens is 256 g/mol. The van der Waals surface area contributed by atoms with E-state index in [-0.39, 0.29) is 12.6 Å². The summed E-state index contributed by atoms with van der Waals surface area (Å²) in [5.74, 6) is -2.02. The lowest BCUT2D eigenvalue weighted by Crippen LogP contribution is -2.50. The maximum atomic E-state index is 11.9. The van der Waals surface area contributed by atoms with E-state index in [9.17, 15) is 14.4 Å². The molecule has 108 valence electrons. The first-order valence-corrected chi connectivity index (χ1v) is 5.97.